The topological polar surface area (TPSA) is 51.5 Å². The van der Waals surface area contributed by atoms with E-state index in [2.05, 4.69) is 6.92 Å². The second kappa shape index (κ2) is 10.2. The Labute approximate surface area is 189 Å². The second-order valence-corrected chi connectivity index (χ2v) is 8.11. The number of aromatic carboxylic acids is 1. The van der Waals surface area contributed by atoms with Gasteiger partial charge in [0.05, 0.1) is 0 Å². The summed E-state index contributed by atoms with van der Waals surface area (Å²) in [6.45, 7) is 3.19. The van der Waals surface area contributed by atoms with Gasteiger partial charge < -0.3 is 14.4 Å². The van der Waals surface area contributed by atoms with Crippen molar-refractivity contribution in [1.82, 2.24) is 4.57 Å². The summed E-state index contributed by atoms with van der Waals surface area (Å²) < 4.78 is 7.83. The van der Waals surface area contributed by atoms with E-state index in [0.717, 1.165) is 59.0 Å². The molecule has 0 aliphatic heterocycles. The van der Waals surface area contributed by atoms with Gasteiger partial charge in [0.1, 0.15) is 18.1 Å². The Hall–Kier alpha value is -3.53. The zero-order valence-corrected chi connectivity index (χ0v) is 18.5. The minimum atomic E-state index is -0.865. The molecule has 1 heterocycles. The quantitative estimate of drug-likeness (QED) is 0.287. The molecular weight excluding hydrogens is 398 g/mol. The maximum atomic E-state index is 12.3. The van der Waals surface area contributed by atoms with Gasteiger partial charge in [0.25, 0.3) is 0 Å². The molecule has 4 rings (SSSR count). The van der Waals surface area contributed by atoms with E-state index < -0.39 is 5.97 Å². The predicted octanol–water partition coefficient (Wildman–Crippen LogP) is 6.70. The number of unbranched alkanes of at least 4 members (excludes halogenated alkanes) is 2. The van der Waals surface area contributed by atoms with E-state index in [-0.39, 0.29) is 0 Å². The zero-order valence-electron chi connectivity index (χ0n) is 18.5. The highest BCUT2D eigenvalue weighted by molar-refractivity contribution is 5.98. The van der Waals surface area contributed by atoms with Crippen molar-refractivity contribution in [2.45, 2.75) is 45.8 Å². The molecule has 164 valence electrons. The summed E-state index contributed by atoms with van der Waals surface area (Å²) in [5.74, 6) is -0.0656. The van der Waals surface area contributed by atoms with Crippen LogP contribution in [0.5, 0.6) is 5.75 Å². The lowest BCUT2D eigenvalue weighted by molar-refractivity contribution is 0.0685. The Balaban J connectivity index is 1.58. The first-order chi connectivity index (χ1) is 15.7. The Bertz CT molecular complexity index is 1180. The highest BCUT2D eigenvalue weighted by Gasteiger charge is 2.22. The molecule has 4 nitrogen and oxygen atoms in total. The first-order valence-electron chi connectivity index (χ1n) is 11.3. The third-order valence-corrected chi connectivity index (χ3v) is 5.82. The fourth-order valence-corrected chi connectivity index (χ4v) is 4.20. The lowest BCUT2D eigenvalue weighted by Gasteiger charge is -2.11. The van der Waals surface area contributed by atoms with E-state index in [1.54, 1.807) is 0 Å². The van der Waals surface area contributed by atoms with Crippen molar-refractivity contribution >= 4 is 16.9 Å². The van der Waals surface area contributed by atoms with Gasteiger partial charge >= 0.3 is 5.97 Å². The molecule has 0 unspecified atom stereocenters. The predicted molar refractivity (Wildman–Crippen MR) is 128 cm³/mol. The largest absolute Gasteiger partial charge is 0.489 e. The molecular formula is C28H29NO3. The number of aryl methyl sites for hydroxylation is 1. The van der Waals surface area contributed by atoms with E-state index in [0.29, 0.717) is 18.8 Å². The van der Waals surface area contributed by atoms with Crippen LogP contribution in [0.25, 0.3) is 10.9 Å². The van der Waals surface area contributed by atoms with Crippen LogP contribution in [0, 0.1) is 0 Å². The van der Waals surface area contributed by atoms with Gasteiger partial charge in [-0.05, 0) is 47.7 Å². The normalized spacial score (nSPS) is 11.0. The lowest BCUT2D eigenvalue weighted by atomic mass is 10.0. The Morgan fingerprint density at radius 3 is 2.31 bits per heavy atom. The molecule has 4 heteroatoms. The molecule has 0 atom stereocenters. The van der Waals surface area contributed by atoms with Crippen LogP contribution in [-0.4, -0.2) is 15.6 Å². The molecule has 3 aromatic carbocycles. The smallest absolute Gasteiger partial charge is 0.352 e. The van der Waals surface area contributed by atoms with Gasteiger partial charge in [-0.2, -0.15) is 0 Å². The third-order valence-electron chi connectivity index (χ3n) is 5.82. The number of carboxylic acids is 1. The Morgan fingerprint density at radius 2 is 1.59 bits per heavy atom. The first kappa shape index (κ1) is 21.7. The standard InChI is InChI=1S/C28H29NO3/c1-2-3-5-13-25-24-12-8-9-14-26(24)29(27(25)28(30)31)19-21-15-17-23(18-16-21)32-20-22-10-6-4-7-11-22/h4,6-12,14-18H,2-3,5,13,19-20H2,1H3,(H,30,31). The van der Waals surface area contributed by atoms with E-state index in [1.807, 2.05) is 83.4 Å². The molecule has 0 bridgehead atoms. The van der Waals surface area contributed by atoms with Crippen molar-refractivity contribution < 1.29 is 14.6 Å². The highest BCUT2D eigenvalue weighted by atomic mass is 16.5. The average Bonchev–Trinajstić information content (AvgIpc) is 3.13. The minimum absolute atomic E-state index is 0.409. The van der Waals surface area contributed by atoms with Crippen LogP contribution >= 0.6 is 0 Å². The van der Waals surface area contributed by atoms with Crippen molar-refractivity contribution in [2.24, 2.45) is 0 Å². The number of fused-ring (bicyclic) bond motifs is 1. The number of carboxylic acid groups (broad SMARTS) is 1. The number of nitrogens with zero attached hydrogens (tertiary/aromatic N) is 1. The number of hydrogen-bond acceptors (Lipinski definition) is 2. The van der Waals surface area contributed by atoms with Gasteiger partial charge in [-0.15, -0.1) is 0 Å². The first-order valence-corrected chi connectivity index (χ1v) is 11.3. The van der Waals surface area contributed by atoms with Crippen LogP contribution in [0.3, 0.4) is 0 Å². The number of rotatable bonds is 10. The number of carbonyl (C=O) groups is 1. The van der Waals surface area contributed by atoms with Crippen LogP contribution in [0.4, 0.5) is 0 Å². The lowest BCUT2D eigenvalue weighted by Crippen LogP contribution is -2.11. The number of ether oxygens (including phenoxy) is 1. The van der Waals surface area contributed by atoms with Crippen molar-refractivity contribution in [3.63, 3.8) is 0 Å². The van der Waals surface area contributed by atoms with E-state index >= 15 is 0 Å². The summed E-state index contributed by atoms with van der Waals surface area (Å²) in [4.78, 5) is 12.3. The molecule has 32 heavy (non-hydrogen) atoms. The Morgan fingerprint density at radius 1 is 0.875 bits per heavy atom. The Kier molecular flexibility index (Phi) is 6.90. The molecule has 0 amide bonds. The molecule has 0 saturated heterocycles. The number of hydrogen-bond donors (Lipinski definition) is 1. The molecule has 0 spiro atoms. The molecule has 0 fully saturated rings. The second-order valence-electron chi connectivity index (χ2n) is 8.11. The van der Waals surface area contributed by atoms with Crippen molar-refractivity contribution in [2.75, 3.05) is 0 Å². The minimum Gasteiger partial charge on any atom is -0.489 e. The number of benzene rings is 3. The van der Waals surface area contributed by atoms with E-state index in [1.165, 1.54) is 0 Å². The van der Waals surface area contributed by atoms with Gasteiger partial charge in [-0.3, -0.25) is 0 Å². The highest BCUT2D eigenvalue weighted by Crippen LogP contribution is 2.29. The van der Waals surface area contributed by atoms with Crippen molar-refractivity contribution in [3.05, 3.63) is 101 Å². The number of aromatic nitrogens is 1. The maximum Gasteiger partial charge on any atom is 0.352 e. The fraction of sp³-hybridized carbons (Fsp3) is 0.250. The fourth-order valence-electron chi connectivity index (χ4n) is 4.20. The molecule has 4 aromatic rings. The average molecular weight is 428 g/mol. The summed E-state index contributed by atoms with van der Waals surface area (Å²) in [5, 5.41) is 11.1. The van der Waals surface area contributed by atoms with Gasteiger partial charge in [0.2, 0.25) is 0 Å². The molecule has 0 aliphatic rings. The third kappa shape index (κ3) is 4.86. The number of para-hydroxylation sites is 1. The van der Waals surface area contributed by atoms with Gasteiger partial charge in [-0.1, -0.05) is 80.4 Å². The van der Waals surface area contributed by atoms with Crippen LogP contribution in [-0.2, 0) is 19.6 Å². The summed E-state index contributed by atoms with van der Waals surface area (Å²) in [6.07, 6.45) is 4.00. The molecule has 0 radical (unpaired) electrons. The van der Waals surface area contributed by atoms with E-state index in [9.17, 15) is 9.90 Å². The summed E-state index contributed by atoms with van der Waals surface area (Å²) in [7, 11) is 0. The van der Waals surface area contributed by atoms with Gasteiger partial charge in [0, 0.05) is 17.4 Å². The monoisotopic (exact) mass is 427 g/mol. The summed E-state index contributed by atoms with van der Waals surface area (Å²) >= 11 is 0. The van der Waals surface area contributed by atoms with Crippen LogP contribution < -0.4 is 4.74 Å². The van der Waals surface area contributed by atoms with Crippen molar-refractivity contribution in [1.29, 1.82) is 0 Å². The van der Waals surface area contributed by atoms with Crippen LogP contribution in [0.15, 0.2) is 78.9 Å². The van der Waals surface area contributed by atoms with Crippen LogP contribution in [0.2, 0.25) is 0 Å². The molecule has 0 aliphatic carbocycles. The summed E-state index contributed by atoms with van der Waals surface area (Å²) in [6, 6.07) is 26.0. The zero-order chi connectivity index (χ0) is 22.3. The van der Waals surface area contributed by atoms with Crippen molar-refractivity contribution in [3.8, 4) is 5.75 Å². The summed E-state index contributed by atoms with van der Waals surface area (Å²) in [5.41, 5.74) is 4.49. The molecule has 1 aromatic heterocycles. The van der Waals surface area contributed by atoms with Crippen LogP contribution in [0.1, 0.15) is 53.4 Å². The maximum absolute atomic E-state index is 12.3. The van der Waals surface area contributed by atoms with E-state index in [4.69, 9.17) is 4.74 Å². The SMILES string of the molecule is CCCCCc1c(C(=O)O)n(Cc2ccc(OCc3ccccc3)cc2)c2ccccc12. The molecule has 1 N–H and O–H groups in total. The molecule has 0 saturated carbocycles. The van der Waals surface area contributed by atoms with Gasteiger partial charge in [0.15, 0.2) is 0 Å². The van der Waals surface area contributed by atoms with Gasteiger partial charge in [-0.25, -0.2) is 4.79 Å².